The lowest BCUT2D eigenvalue weighted by molar-refractivity contribution is -0.175. The molecule has 0 unspecified atom stereocenters. The summed E-state index contributed by atoms with van der Waals surface area (Å²) < 4.78 is 27.1. The van der Waals surface area contributed by atoms with Crippen molar-refractivity contribution in [2.45, 2.75) is 17.7 Å². The summed E-state index contributed by atoms with van der Waals surface area (Å²) in [5, 5.41) is 0.485. The highest BCUT2D eigenvalue weighted by Gasteiger charge is 2.41. The van der Waals surface area contributed by atoms with Crippen LogP contribution in [0.4, 0.5) is 0 Å². The Morgan fingerprint density at radius 2 is 1.42 bits per heavy atom. The van der Waals surface area contributed by atoms with Crippen LogP contribution in [0.25, 0.3) is 0 Å². The van der Waals surface area contributed by atoms with Crippen LogP contribution in [0.3, 0.4) is 0 Å². The largest absolute Gasteiger partial charge is 0.336 e. The molecule has 0 spiro atoms. The third-order valence-electron chi connectivity index (χ3n) is 5.24. The van der Waals surface area contributed by atoms with Gasteiger partial charge in [0.2, 0.25) is 10.0 Å². The number of rotatable bonds is 4. The summed E-state index contributed by atoms with van der Waals surface area (Å²) in [7, 11) is -3.95. The number of sulfonamides is 1. The minimum atomic E-state index is -3.95. The fourth-order valence-electron chi connectivity index (χ4n) is 3.60. The van der Waals surface area contributed by atoms with Gasteiger partial charge in [-0.3, -0.25) is 9.59 Å². The molecule has 0 bridgehead atoms. The molecule has 0 saturated carbocycles. The Kier molecular flexibility index (Phi) is 5.78. The predicted octanol–water partition coefficient (Wildman–Crippen LogP) is 3.15. The number of hydrogen-bond acceptors (Lipinski definition) is 6. The number of benzene rings is 2. The Morgan fingerprint density at radius 3 is 1.94 bits per heavy atom. The van der Waals surface area contributed by atoms with Crippen molar-refractivity contribution < 1.29 is 27.6 Å². The van der Waals surface area contributed by atoms with Gasteiger partial charge in [-0.25, -0.2) is 13.2 Å². The molecule has 2 heterocycles. The molecule has 8 nitrogen and oxygen atoms in total. The van der Waals surface area contributed by atoms with Crippen LogP contribution in [-0.2, 0) is 19.7 Å². The van der Waals surface area contributed by atoms with Crippen molar-refractivity contribution in [3.63, 3.8) is 0 Å². The van der Waals surface area contributed by atoms with Gasteiger partial charge in [0.05, 0.1) is 27.1 Å². The maximum absolute atomic E-state index is 12.9. The van der Waals surface area contributed by atoms with Crippen molar-refractivity contribution >= 4 is 51.0 Å². The van der Waals surface area contributed by atoms with E-state index in [0.717, 1.165) is 0 Å². The molecule has 0 aliphatic carbocycles. The average molecular weight is 483 g/mol. The van der Waals surface area contributed by atoms with Crippen LogP contribution in [0.15, 0.2) is 47.4 Å². The van der Waals surface area contributed by atoms with Gasteiger partial charge in [0, 0.05) is 13.1 Å². The maximum atomic E-state index is 12.9. The van der Waals surface area contributed by atoms with Gasteiger partial charge in [-0.1, -0.05) is 46.5 Å². The number of carbonyl (C=O) groups excluding carboxylic acids is 3. The van der Waals surface area contributed by atoms with E-state index < -0.39 is 33.7 Å². The lowest BCUT2D eigenvalue weighted by Gasteiger charge is -2.30. The summed E-state index contributed by atoms with van der Waals surface area (Å²) >= 11 is 12.1. The van der Waals surface area contributed by atoms with Gasteiger partial charge in [-0.05, 0) is 37.1 Å². The van der Waals surface area contributed by atoms with E-state index in [0.29, 0.717) is 5.06 Å². The van der Waals surface area contributed by atoms with Gasteiger partial charge in [0.15, 0.2) is 0 Å². The van der Waals surface area contributed by atoms with Crippen LogP contribution in [0, 0.1) is 5.92 Å². The molecule has 2 aromatic carbocycles. The monoisotopic (exact) mass is 482 g/mol. The number of hydroxylamine groups is 2. The second kappa shape index (κ2) is 8.23. The van der Waals surface area contributed by atoms with Crippen LogP contribution in [-0.4, -0.2) is 48.7 Å². The Bertz CT molecular complexity index is 1140. The number of carbonyl (C=O) groups is 3. The molecule has 1 saturated heterocycles. The van der Waals surface area contributed by atoms with Crippen LogP contribution < -0.4 is 0 Å². The van der Waals surface area contributed by atoms with Gasteiger partial charge in [0.25, 0.3) is 11.8 Å². The molecule has 2 aliphatic rings. The lowest BCUT2D eigenvalue weighted by Crippen LogP contribution is -2.42. The van der Waals surface area contributed by atoms with Crippen LogP contribution in [0.1, 0.15) is 33.6 Å². The zero-order valence-electron chi connectivity index (χ0n) is 16.0. The lowest BCUT2D eigenvalue weighted by atomic mass is 9.99. The minimum Gasteiger partial charge on any atom is -0.329 e. The van der Waals surface area contributed by atoms with Crippen molar-refractivity contribution in [2.24, 2.45) is 5.92 Å². The van der Waals surface area contributed by atoms with Crippen LogP contribution >= 0.6 is 23.2 Å². The second-order valence-electron chi connectivity index (χ2n) is 7.09. The number of hydrogen-bond donors (Lipinski definition) is 0. The maximum Gasteiger partial charge on any atom is 0.336 e. The van der Waals surface area contributed by atoms with Gasteiger partial charge >= 0.3 is 5.97 Å². The standard InChI is InChI=1S/C20H16Cl2N2O6S/c21-15-6-3-7-16(22)17(15)31(28,29)23-10-8-12(9-11-23)20(27)30-24-18(25)13-4-1-2-5-14(13)19(24)26/h1-7,12H,8-11H2. The third-order valence-corrected chi connectivity index (χ3v) is 8.10. The number of piperidine rings is 1. The van der Waals surface area contributed by atoms with Gasteiger partial charge < -0.3 is 4.84 Å². The topological polar surface area (TPSA) is 101 Å². The first kappa shape index (κ1) is 21.8. The molecule has 0 atom stereocenters. The summed E-state index contributed by atoms with van der Waals surface area (Å²) in [6, 6.07) is 10.6. The second-order valence-corrected chi connectivity index (χ2v) is 9.78. The first-order valence-corrected chi connectivity index (χ1v) is 11.5. The van der Waals surface area contributed by atoms with E-state index in [4.69, 9.17) is 28.0 Å². The molecule has 2 aliphatic heterocycles. The molecule has 162 valence electrons. The molecule has 0 N–H and O–H groups in total. The van der Waals surface area contributed by atoms with E-state index in [1.165, 1.54) is 28.6 Å². The smallest absolute Gasteiger partial charge is 0.329 e. The number of halogens is 2. The van der Waals surface area contributed by atoms with Crippen molar-refractivity contribution in [1.29, 1.82) is 0 Å². The summed E-state index contributed by atoms with van der Waals surface area (Å²) in [6.45, 7) is 0.0670. The van der Waals surface area contributed by atoms with E-state index in [2.05, 4.69) is 0 Å². The molecule has 4 rings (SSSR count). The highest BCUT2D eigenvalue weighted by molar-refractivity contribution is 7.89. The Hall–Kier alpha value is -2.46. The highest BCUT2D eigenvalue weighted by Crippen LogP contribution is 2.34. The highest BCUT2D eigenvalue weighted by atomic mass is 35.5. The van der Waals surface area contributed by atoms with Crippen molar-refractivity contribution in [2.75, 3.05) is 13.1 Å². The number of nitrogens with zero attached hydrogens (tertiary/aromatic N) is 2. The normalized spacial score (nSPS) is 17.7. The molecule has 1 fully saturated rings. The van der Waals surface area contributed by atoms with E-state index >= 15 is 0 Å². The first-order valence-electron chi connectivity index (χ1n) is 9.35. The van der Waals surface area contributed by atoms with Gasteiger partial charge in [0.1, 0.15) is 4.90 Å². The summed E-state index contributed by atoms with van der Waals surface area (Å²) in [5.41, 5.74) is 0.329. The van der Waals surface area contributed by atoms with E-state index in [-0.39, 0.29) is 52.0 Å². The van der Waals surface area contributed by atoms with Gasteiger partial charge in [-0.15, -0.1) is 0 Å². The molecule has 31 heavy (non-hydrogen) atoms. The quantitative estimate of drug-likeness (QED) is 0.620. The van der Waals surface area contributed by atoms with Gasteiger partial charge in [-0.2, -0.15) is 4.31 Å². The fraction of sp³-hybridized carbons (Fsp3) is 0.250. The zero-order valence-corrected chi connectivity index (χ0v) is 18.3. The molecule has 0 radical (unpaired) electrons. The van der Waals surface area contributed by atoms with Crippen LogP contribution in [0.2, 0.25) is 10.0 Å². The third kappa shape index (κ3) is 3.82. The van der Waals surface area contributed by atoms with Crippen molar-refractivity contribution in [1.82, 2.24) is 9.37 Å². The number of amides is 2. The Morgan fingerprint density at radius 1 is 0.903 bits per heavy atom. The number of fused-ring (bicyclic) bond motifs is 1. The zero-order chi connectivity index (χ0) is 22.3. The SMILES string of the molecule is O=C(ON1C(=O)c2ccccc2C1=O)C1CCN(S(=O)(=O)c2c(Cl)cccc2Cl)CC1. The Labute approximate surface area is 188 Å². The van der Waals surface area contributed by atoms with Crippen molar-refractivity contribution in [3.8, 4) is 0 Å². The van der Waals surface area contributed by atoms with Crippen LogP contribution in [0.5, 0.6) is 0 Å². The summed E-state index contributed by atoms with van der Waals surface area (Å²) in [6.07, 6.45) is 0.312. The Balaban J connectivity index is 1.42. The van der Waals surface area contributed by atoms with E-state index in [9.17, 15) is 22.8 Å². The summed E-state index contributed by atoms with van der Waals surface area (Å²) in [5.74, 6) is -2.84. The molecular weight excluding hydrogens is 467 g/mol. The molecular formula is C20H16Cl2N2O6S. The molecule has 11 heteroatoms. The molecule has 2 aromatic rings. The average Bonchev–Trinajstić information content (AvgIpc) is 2.98. The summed E-state index contributed by atoms with van der Waals surface area (Å²) in [4.78, 5) is 42.2. The number of imide groups is 1. The van der Waals surface area contributed by atoms with Crippen molar-refractivity contribution in [3.05, 3.63) is 63.6 Å². The molecule has 0 aromatic heterocycles. The minimum absolute atomic E-state index is 0.0136. The predicted molar refractivity (Wildman–Crippen MR) is 111 cm³/mol. The van der Waals surface area contributed by atoms with E-state index in [1.807, 2.05) is 0 Å². The first-order chi connectivity index (χ1) is 14.7. The van der Waals surface area contributed by atoms with E-state index in [1.54, 1.807) is 18.2 Å². The molecule has 2 amide bonds. The fourth-order valence-corrected chi connectivity index (χ4v) is 6.17.